The van der Waals surface area contributed by atoms with E-state index in [2.05, 4.69) is 9.98 Å². The maximum Gasteiger partial charge on any atom is 0.335 e. The number of aliphatic imine (C=N–C) groups is 1. The van der Waals surface area contributed by atoms with Crippen molar-refractivity contribution in [1.82, 2.24) is 9.55 Å². The van der Waals surface area contributed by atoms with Gasteiger partial charge in [0.05, 0.1) is 18.5 Å². The van der Waals surface area contributed by atoms with E-state index in [4.69, 9.17) is 4.74 Å². The minimum absolute atomic E-state index is 0.0425. The maximum atomic E-state index is 12.1. The largest absolute Gasteiger partial charge is 0.497 e. The molecule has 0 amide bonds. The number of rotatable bonds is 3. The summed E-state index contributed by atoms with van der Waals surface area (Å²) in [4.78, 5) is 30.2. The van der Waals surface area contributed by atoms with Gasteiger partial charge in [-0.1, -0.05) is 0 Å². The molecule has 3 rings (SSSR count). The lowest BCUT2D eigenvalue weighted by Gasteiger charge is -2.10. The maximum absolute atomic E-state index is 12.1. The van der Waals surface area contributed by atoms with Crippen LogP contribution in [0.3, 0.4) is 0 Å². The predicted molar refractivity (Wildman–Crippen MR) is 86.5 cm³/mol. The second kappa shape index (κ2) is 5.80. The smallest absolute Gasteiger partial charge is 0.335 e. The Morgan fingerprint density at radius 1 is 1.26 bits per heavy atom. The van der Waals surface area contributed by atoms with E-state index < -0.39 is 17.1 Å². The number of nitrogens with one attached hydrogen (secondary N) is 1. The van der Waals surface area contributed by atoms with E-state index in [1.807, 2.05) is 0 Å². The zero-order valence-electron chi connectivity index (χ0n) is 12.2. The van der Waals surface area contributed by atoms with Gasteiger partial charge in [-0.15, -0.1) is 0 Å². The normalized spacial score (nSPS) is 14.6. The SMILES string of the molecule is COc1ccc(-n2c(O)c(/C=C3\C=CC=N3)c(=O)[nH]c2=O)cc1. The second-order valence-corrected chi connectivity index (χ2v) is 4.74. The molecule has 1 aromatic carbocycles. The average molecular weight is 311 g/mol. The molecule has 2 heterocycles. The highest BCUT2D eigenvalue weighted by Crippen LogP contribution is 2.21. The number of aromatic hydroxyl groups is 1. The summed E-state index contributed by atoms with van der Waals surface area (Å²) in [6.07, 6.45) is 6.36. The van der Waals surface area contributed by atoms with Crippen LogP contribution < -0.4 is 16.0 Å². The molecule has 116 valence electrons. The number of H-pyrrole nitrogens is 1. The fourth-order valence-corrected chi connectivity index (χ4v) is 2.19. The highest BCUT2D eigenvalue weighted by atomic mass is 16.5. The molecule has 1 aliphatic rings. The molecule has 0 bridgehead atoms. The number of ether oxygens (including phenoxy) is 1. The molecule has 0 unspecified atom stereocenters. The molecule has 0 saturated heterocycles. The second-order valence-electron chi connectivity index (χ2n) is 4.74. The van der Waals surface area contributed by atoms with Crippen molar-refractivity contribution in [2.24, 2.45) is 4.99 Å². The van der Waals surface area contributed by atoms with Crippen molar-refractivity contribution in [1.29, 1.82) is 0 Å². The molecule has 0 aliphatic carbocycles. The van der Waals surface area contributed by atoms with Crippen LogP contribution in [0.5, 0.6) is 11.6 Å². The van der Waals surface area contributed by atoms with Crippen molar-refractivity contribution in [3.05, 3.63) is 68.5 Å². The van der Waals surface area contributed by atoms with Gasteiger partial charge in [-0.2, -0.15) is 0 Å². The van der Waals surface area contributed by atoms with Crippen LogP contribution in [0.4, 0.5) is 0 Å². The van der Waals surface area contributed by atoms with Crippen LogP contribution in [-0.4, -0.2) is 28.0 Å². The molecule has 7 nitrogen and oxygen atoms in total. The summed E-state index contributed by atoms with van der Waals surface area (Å²) in [6.45, 7) is 0. The molecule has 0 fully saturated rings. The van der Waals surface area contributed by atoms with Crippen LogP contribution in [0, 0.1) is 0 Å². The van der Waals surface area contributed by atoms with Gasteiger partial charge in [-0.25, -0.2) is 9.36 Å². The number of benzene rings is 1. The lowest BCUT2D eigenvalue weighted by molar-refractivity contribution is 0.414. The molecule has 23 heavy (non-hydrogen) atoms. The summed E-state index contributed by atoms with van der Waals surface area (Å²) in [6, 6.07) is 6.49. The lowest BCUT2D eigenvalue weighted by atomic mass is 10.2. The highest BCUT2D eigenvalue weighted by molar-refractivity contribution is 5.79. The van der Waals surface area contributed by atoms with Gasteiger partial charge in [0.1, 0.15) is 11.3 Å². The van der Waals surface area contributed by atoms with Crippen LogP contribution in [0.15, 0.2) is 56.7 Å². The summed E-state index contributed by atoms with van der Waals surface area (Å²) in [5, 5.41) is 10.4. The number of aromatic nitrogens is 2. The predicted octanol–water partition coefficient (Wildman–Crippen LogP) is 1.22. The first-order valence-corrected chi connectivity index (χ1v) is 6.75. The number of allylic oxidation sites excluding steroid dienone is 2. The Bertz CT molecular complexity index is 933. The van der Waals surface area contributed by atoms with Crippen LogP contribution in [0.1, 0.15) is 5.56 Å². The van der Waals surface area contributed by atoms with E-state index in [0.717, 1.165) is 4.57 Å². The Morgan fingerprint density at radius 2 is 2.00 bits per heavy atom. The first-order valence-electron chi connectivity index (χ1n) is 6.75. The average Bonchev–Trinajstić information content (AvgIpc) is 3.05. The molecule has 0 saturated carbocycles. The molecule has 0 spiro atoms. The topological polar surface area (TPSA) is 96.7 Å². The van der Waals surface area contributed by atoms with E-state index in [1.165, 1.54) is 13.2 Å². The highest BCUT2D eigenvalue weighted by Gasteiger charge is 2.14. The molecule has 2 N–H and O–H groups in total. The molecule has 0 atom stereocenters. The van der Waals surface area contributed by atoms with E-state index in [-0.39, 0.29) is 5.56 Å². The third kappa shape index (κ3) is 2.71. The van der Waals surface area contributed by atoms with Gasteiger partial charge in [-0.3, -0.25) is 14.8 Å². The van der Waals surface area contributed by atoms with Gasteiger partial charge in [0.2, 0.25) is 5.88 Å². The Balaban J connectivity index is 2.19. The molecular weight excluding hydrogens is 298 g/mol. The molecular formula is C16H13N3O4. The molecule has 1 aliphatic heterocycles. The van der Waals surface area contributed by atoms with Crippen molar-refractivity contribution in [2.45, 2.75) is 0 Å². The van der Waals surface area contributed by atoms with Crippen LogP contribution in [0.2, 0.25) is 0 Å². The molecule has 0 radical (unpaired) electrons. The van der Waals surface area contributed by atoms with Gasteiger partial charge in [0.25, 0.3) is 5.56 Å². The lowest BCUT2D eigenvalue weighted by Crippen LogP contribution is -2.30. The van der Waals surface area contributed by atoms with Crippen molar-refractivity contribution in [3.8, 4) is 17.3 Å². The number of methoxy groups -OCH3 is 1. The number of hydrogen-bond acceptors (Lipinski definition) is 5. The van der Waals surface area contributed by atoms with Crippen molar-refractivity contribution >= 4 is 12.3 Å². The van der Waals surface area contributed by atoms with Crippen LogP contribution in [0.25, 0.3) is 11.8 Å². The third-order valence-electron chi connectivity index (χ3n) is 3.32. The van der Waals surface area contributed by atoms with Crippen molar-refractivity contribution in [2.75, 3.05) is 7.11 Å². The Labute approximate surface area is 130 Å². The summed E-state index contributed by atoms with van der Waals surface area (Å²) >= 11 is 0. The van der Waals surface area contributed by atoms with E-state index >= 15 is 0 Å². The molecule has 1 aromatic heterocycles. The Hall–Kier alpha value is -3.35. The first kappa shape index (κ1) is 14.6. The van der Waals surface area contributed by atoms with Crippen molar-refractivity contribution in [3.63, 3.8) is 0 Å². The Morgan fingerprint density at radius 3 is 2.61 bits per heavy atom. The first-order chi connectivity index (χ1) is 11.1. The van der Waals surface area contributed by atoms with Gasteiger partial charge in [0.15, 0.2) is 0 Å². The minimum atomic E-state index is -0.731. The van der Waals surface area contributed by atoms with Gasteiger partial charge in [-0.05, 0) is 42.5 Å². The third-order valence-corrected chi connectivity index (χ3v) is 3.32. The summed E-state index contributed by atoms with van der Waals surface area (Å²) in [5.74, 6) is 0.158. The fraction of sp³-hybridized carbons (Fsp3) is 0.0625. The number of hydrogen-bond donors (Lipinski definition) is 2. The summed E-state index contributed by atoms with van der Waals surface area (Å²) < 4.78 is 6.07. The standard InChI is InChI=1S/C16H13N3O4/c1-23-12-6-4-11(5-7-12)19-15(21)13(14(20)18-16(19)22)9-10-3-2-8-17-10/h2-9,21H,1H3,(H,18,20,22)/b10-9+. The quantitative estimate of drug-likeness (QED) is 0.890. The molecule has 2 aromatic rings. The molecule has 7 heteroatoms. The van der Waals surface area contributed by atoms with Crippen LogP contribution in [-0.2, 0) is 0 Å². The summed E-state index contributed by atoms with van der Waals surface area (Å²) in [5.41, 5.74) is -0.551. The van der Waals surface area contributed by atoms with Gasteiger partial charge >= 0.3 is 5.69 Å². The Kier molecular flexibility index (Phi) is 3.68. The number of aromatic amines is 1. The fourth-order valence-electron chi connectivity index (χ4n) is 2.19. The summed E-state index contributed by atoms with van der Waals surface area (Å²) in [7, 11) is 1.53. The zero-order chi connectivity index (χ0) is 16.4. The zero-order valence-corrected chi connectivity index (χ0v) is 12.2. The van der Waals surface area contributed by atoms with Gasteiger partial charge < -0.3 is 9.84 Å². The van der Waals surface area contributed by atoms with Crippen LogP contribution >= 0.6 is 0 Å². The van der Waals surface area contributed by atoms with Gasteiger partial charge in [0, 0.05) is 6.21 Å². The van der Waals surface area contributed by atoms with Crippen molar-refractivity contribution < 1.29 is 9.84 Å². The number of nitrogens with zero attached hydrogens (tertiary/aromatic N) is 2. The van der Waals surface area contributed by atoms with E-state index in [9.17, 15) is 14.7 Å². The van der Waals surface area contributed by atoms with E-state index in [1.54, 1.807) is 42.6 Å². The van der Waals surface area contributed by atoms with E-state index in [0.29, 0.717) is 17.1 Å². The minimum Gasteiger partial charge on any atom is -0.497 e. The monoisotopic (exact) mass is 311 g/mol.